The molecule has 2 aromatic carbocycles. The molecule has 0 spiro atoms. The van der Waals surface area contributed by atoms with Gasteiger partial charge in [0.2, 0.25) is 0 Å². The van der Waals surface area contributed by atoms with Crippen molar-refractivity contribution in [2.45, 2.75) is 0 Å². The van der Waals surface area contributed by atoms with Crippen molar-refractivity contribution in [2.75, 3.05) is 7.11 Å². The van der Waals surface area contributed by atoms with Crippen molar-refractivity contribution in [2.24, 2.45) is 15.9 Å². The number of amidine groups is 1. The van der Waals surface area contributed by atoms with Crippen LogP contribution in [0.15, 0.2) is 77.2 Å². The minimum atomic E-state index is -0.915. The molecule has 0 saturated carbocycles. The molecule has 0 aliphatic heterocycles. The minimum Gasteiger partial charge on any atom is -0.870 e. The molecule has 2 heterocycles. The van der Waals surface area contributed by atoms with Crippen LogP contribution in [0.4, 0.5) is 0 Å². The van der Waals surface area contributed by atoms with Crippen molar-refractivity contribution in [3.8, 4) is 11.5 Å². The van der Waals surface area contributed by atoms with E-state index in [-0.39, 0.29) is 39.6 Å². The van der Waals surface area contributed by atoms with Gasteiger partial charge in [-0.2, -0.15) is 5.10 Å². The molecule has 163 valence electrons. The fourth-order valence-corrected chi connectivity index (χ4v) is 2.62. The van der Waals surface area contributed by atoms with Gasteiger partial charge in [-0.3, -0.25) is 9.97 Å². The Labute approximate surface area is 188 Å². The van der Waals surface area contributed by atoms with Gasteiger partial charge in [0.25, 0.3) is 0 Å². The summed E-state index contributed by atoms with van der Waals surface area (Å²) < 4.78 is 4.82. The summed E-state index contributed by atoms with van der Waals surface area (Å²) in [6.07, 6.45) is 4.75. The number of pyridine rings is 2. The maximum Gasteiger partial charge on any atom is 2.00 e. The van der Waals surface area contributed by atoms with Crippen LogP contribution in [0.25, 0.3) is 21.8 Å². The number of ether oxygens (including phenoxy) is 1. The SMILES string of the molecule is COc1cccc(C=N/N=C(/N)[O-])c1[O-].O.[Cu+2].c1cnc2c(c1)ccc1cccnc12. The van der Waals surface area contributed by atoms with Gasteiger partial charge in [0.1, 0.15) is 5.75 Å². The van der Waals surface area contributed by atoms with Crippen LogP contribution < -0.4 is 20.7 Å². The number of nitrogens with two attached hydrogens (primary N) is 1. The number of para-hydroxylation sites is 1. The number of hydrogen-bond donors (Lipinski definition) is 1. The zero-order valence-corrected chi connectivity index (χ0v) is 17.3. The molecule has 31 heavy (non-hydrogen) atoms. The van der Waals surface area contributed by atoms with E-state index < -0.39 is 6.02 Å². The Kier molecular flexibility index (Phi) is 9.87. The Morgan fingerprint density at radius 2 is 1.55 bits per heavy atom. The third kappa shape index (κ3) is 6.38. The molecule has 4 aromatic rings. The molecule has 4 rings (SSSR count). The van der Waals surface area contributed by atoms with Crippen LogP contribution in [0.2, 0.25) is 0 Å². The molecule has 1 radical (unpaired) electrons. The predicted octanol–water partition coefficient (Wildman–Crippen LogP) is 0.734. The normalized spacial score (nSPS) is 10.7. The second-order valence-electron chi connectivity index (χ2n) is 5.78. The van der Waals surface area contributed by atoms with E-state index in [4.69, 9.17) is 10.5 Å². The second kappa shape index (κ2) is 12.1. The first kappa shape index (κ1) is 25.3. The van der Waals surface area contributed by atoms with Crippen LogP contribution in [-0.4, -0.2) is 34.8 Å². The summed E-state index contributed by atoms with van der Waals surface area (Å²) in [5.41, 5.74) is 6.96. The molecule has 0 atom stereocenters. The minimum absolute atomic E-state index is 0. The van der Waals surface area contributed by atoms with Crippen molar-refractivity contribution in [3.63, 3.8) is 0 Å². The van der Waals surface area contributed by atoms with Crippen LogP contribution in [0.5, 0.6) is 11.5 Å². The molecule has 0 saturated heterocycles. The van der Waals surface area contributed by atoms with Gasteiger partial charge >= 0.3 is 17.1 Å². The molecule has 0 amide bonds. The molecule has 10 heteroatoms. The van der Waals surface area contributed by atoms with Crippen LogP contribution >= 0.6 is 0 Å². The summed E-state index contributed by atoms with van der Waals surface area (Å²) in [6, 6.07) is 15.9. The summed E-state index contributed by atoms with van der Waals surface area (Å²) in [4.78, 5) is 8.69. The molecule has 4 N–H and O–H groups in total. The zero-order valence-electron chi connectivity index (χ0n) is 16.3. The fourth-order valence-electron chi connectivity index (χ4n) is 2.62. The average Bonchev–Trinajstić information content (AvgIpc) is 2.75. The number of benzene rings is 2. The molecule has 9 nitrogen and oxygen atoms in total. The summed E-state index contributed by atoms with van der Waals surface area (Å²) in [5.74, 6) is -0.110. The van der Waals surface area contributed by atoms with Gasteiger partial charge in [0, 0.05) is 23.2 Å². The quantitative estimate of drug-likeness (QED) is 0.153. The first-order valence-electron chi connectivity index (χ1n) is 8.56. The van der Waals surface area contributed by atoms with E-state index in [9.17, 15) is 10.2 Å². The van der Waals surface area contributed by atoms with Crippen molar-refractivity contribution < 1.29 is 37.5 Å². The Bertz CT molecular complexity index is 1140. The summed E-state index contributed by atoms with van der Waals surface area (Å²) >= 11 is 0. The van der Waals surface area contributed by atoms with E-state index in [0.717, 1.165) is 28.0 Å². The monoisotopic (exact) mass is 468 g/mol. The van der Waals surface area contributed by atoms with E-state index >= 15 is 0 Å². The third-order valence-corrected chi connectivity index (χ3v) is 3.93. The standard InChI is InChI=1S/C12H8N2.C9H11N3O3.Cu.H2O/c1-3-9-5-6-10-4-2-8-14-12(10)11(9)13-7-1;1-15-7-4-2-3-6(8(7)13)5-11-12-9(10)14;;/h1-8H;2-5,13H,1H3,(H3,10,12,14);;1H2/q;;+2;/p-2. The largest absolute Gasteiger partial charge is 2.00 e. The van der Waals surface area contributed by atoms with Crippen LogP contribution in [0.1, 0.15) is 5.56 Å². The van der Waals surface area contributed by atoms with Gasteiger partial charge in [-0.25, -0.2) is 0 Å². The smallest absolute Gasteiger partial charge is 0.870 e. The molecule has 0 bridgehead atoms. The van der Waals surface area contributed by atoms with Gasteiger partial charge in [-0.1, -0.05) is 42.1 Å². The van der Waals surface area contributed by atoms with Crippen molar-refractivity contribution in [1.29, 1.82) is 0 Å². The van der Waals surface area contributed by atoms with Crippen molar-refractivity contribution in [3.05, 3.63) is 72.6 Å². The zero-order chi connectivity index (χ0) is 20.6. The summed E-state index contributed by atoms with van der Waals surface area (Å²) in [5, 5.41) is 30.4. The molecular formula is C21H19CuN5O4. The van der Waals surface area contributed by atoms with E-state index in [2.05, 4.69) is 44.4 Å². The second-order valence-corrected chi connectivity index (χ2v) is 5.78. The Morgan fingerprint density at radius 1 is 0.968 bits per heavy atom. The van der Waals surface area contributed by atoms with Crippen LogP contribution in [0.3, 0.4) is 0 Å². The average molecular weight is 469 g/mol. The van der Waals surface area contributed by atoms with Gasteiger partial charge in [0.15, 0.2) is 0 Å². The van der Waals surface area contributed by atoms with Gasteiger partial charge < -0.3 is 26.2 Å². The predicted molar refractivity (Wildman–Crippen MR) is 112 cm³/mol. The Hall–Kier alpha value is -3.72. The van der Waals surface area contributed by atoms with Gasteiger partial charge in [-0.15, -0.1) is 5.10 Å². The molecule has 0 unspecified atom stereocenters. The molecular weight excluding hydrogens is 450 g/mol. The fraction of sp³-hybridized carbons (Fsp3) is 0.0476. The number of rotatable bonds is 3. The maximum atomic E-state index is 11.5. The number of nitrogens with zero attached hydrogens (tertiary/aromatic N) is 4. The molecule has 0 aliphatic carbocycles. The van der Waals surface area contributed by atoms with Gasteiger partial charge in [0.05, 0.1) is 30.4 Å². The van der Waals surface area contributed by atoms with Crippen LogP contribution in [-0.2, 0) is 17.1 Å². The van der Waals surface area contributed by atoms with E-state index in [0.29, 0.717) is 0 Å². The maximum absolute atomic E-state index is 11.5. The number of fused-ring (bicyclic) bond motifs is 3. The third-order valence-electron chi connectivity index (χ3n) is 3.93. The summed E-state index contributed by atoms with van der Waals surface area (Å²) in [6.45, 7) is 0. The molecule has 2 aromatic heterocycles. The number of methoxy groups -OCH3 is 1. The first-order chi connectivity index (χ1) is 14.1. The Balaban J connectivity index is 0.000000291. The van der Waals surface area contributed by atoms with Gasteiger partial charge in [-0.05, 0) is 23.8 Å². The number of hydrogen-bond acceptors (Lipinski definition) is 7. The van der Waals surface area contributed by atoms with E-state index in [1.165, 1.54) is 19.2 Å². The topological polar surface area (TPSA) is 163 Å². The molecule has 0 aliphatic rings. The van der Waals surface area contributed by atoms with Crippen LogP contribution in [0, 0.1) is 0 Å². The summed E-state index contributed by atoms with van der Waals surface area (Å²) in [7, 11) is 1.39. The van der Waals surface area contributed by atoms with E-state index in [1.54, 1.807) is 18.5 Å². The first-order valence-corrected chi connectivity index (χ1v) is 8.56. The van der Waals surface area contributed by atoms with Crippen molar-refractivity contribution in [1.82, 2.24) is 9.97 Å². The van der Waals surface area contributed by atoms with E-state index in [1.807, 2.05) is 12.1 Å². The molecule has 0 fully saturated rings. The Morgan fingerprint density at radius 3 is 2.06 bits per heavy atom. The van der Waals surface area contributed by atoms with Crippen molar-refractivity contribution >= 4 is 34.0 Å². The number of aromatic nitrogens is 2.